The largest absolute Gasteiger partial charge is 0.355 e. The summed E-state index contributed by atoms with van der Waals surface area (Å²) in [5.74, 6) is 1.72. The maximum absolute atomic E-state index is 11.3. The van der Waals surface area contributed by atoms with E-state index in [1.54, 1.807) is 11.3 Å². The van der Waals surface area contributed by atoms with Crippen molar-refractivity contribution >= 4 is 28.4 Å². The van der Waals surface area contributed by atoms with E-state index in [4.69, 9.17) is 0 Å². The van der Waals surface area contributed by atoms with Crippen molar-refractivity contribution in [1.82, 2.24) is 9.38 Å². The molecule has 3 heterocycles. The van der Waals surface area contributed by atoms with Gasteiger partial charge in [-0.15, -0.1) is 11.3 Å². The third-order valence-corrected chi connectivity index (χ3v) is 4.76. The molecule has 0 bridgehead atoms. The molecular formula is C14H19N3OS. The van der Waals surface area contributed by atoms with E-state index in [9.17, 15) is 4.79 Å². The van der Waals surface area contributed by atoms with Crippen LogP contribution < -0.4 is 4.90 Å². The number of hydrogen-bond donors (Lipinski definition) is 0. The number of rotatable bonds is 4. The Kier molecular flexibility index (Phi) is 3.55. The number of aldehydes is 1. The molecule has 102 valence electrons. The van der Waals surface area contributed by atoms with Gasteiger partial charge in [-0.1, -0.05) is 19.8 Å². The quantitative estimate of drug-likeness (QED) is 0.805. The van der Waals surface area contributed by atoms with Crippen molar-refractivity contribution in [3.8, 4) is 0 Å². The van der Waals surface area contributed by atoms with Crippen molar-refractivity contribution in [2.45, 2.75) is 32.6 Å². The minimum absolute atomic E-state index is 0.699. The average molecular weight is 277 g/mol. The highest BCUT2D eigenvalue weighted by Crippen LogP contribution is 2.29. The summed E-state index contributed by atoms with van der Waals surface area (Å²) in [6.45, 7) is 4.30. The van der Waals surface area contributed by atoms with Gasteiger partial charge in [0.15, 0.2) is 17.1 Å². The first kappa shape index (κ1) is 12.7. The molecule has 19 heavy (non-hydrogen) atoms. The molecule has 2 aromatic rings. The lowest BCUT2D eigenvalue weighted by atomic mass is 9.92. The van der Waals surface area contributed by atoms with E-state index in [0.717, 1.165) is 36.1 Å². The van der Waals surface area contributed by atoms with Gasteiger partial charge in [0.1, 0.15) is 5.69 Å². The van der Waals surface area contributed by atoms with Gasteiger partial charge in [-0.3, -0.25) is 9.20 Å². The Hall–Kier alpha value is -1.36. The van der Waals surface area contributed by atoms with E-state index in [-0.39, 0.29) is 0 Å². The molecule has 4 nitrogen and oxygen atoms in total. The van der Waals surface area contributed by atoms with Crippen molar-refractivity contribution in [3.05, 3.63) is 17.3 Å². The number of fused-ring (bicyclic) bond motifs is 1. The molecule has 0 amide bonds. The van der Waals surface area contributed by atoms with Gasteiger partial charge in [-0.2, -0.15) is 0 Å². The Morgan fingerprint density at radius 2 is 2.26 bits per heavy atom. The standard InChI is InChI=1S/C14H19N3OS/c1-2-3-11-4-6-16(7-5-11)13-12(10-18)17-8-9-19-14(17)15-13/h8-11H,2-7H2,1H3. The number of imidazole rings is 1. The molecule has 2 aromatic heterocycles. The van der Waals surface area contributed by atoms with E-state index in [1.165, 1.54) is 25.7 Å². The lowest BCUT2D eigenvalue weighted by Gasteiger charge is -2.32. The molecule has 0 N–H and O–H groups in total. The zero-order valence-corrected chi connectivity index (χ0v) is 12.0. The molecule has 1 saturated heterocycles. The Morgan fingerprint density at radius 1 is 1.47 bits per heavy atom. The Bertz CT molecular complexity index is 566. The van der Waals surface area contributed by atoms with Crippen LogP contribution in [-0.4, -0.2) is 28.8 Å². The second-order valence-electron chi connectivity index (χ2n) is 5.21. The summed E-state index contributed by atoms with van der Waals surface area (Å²) < 4.78 is 1.89. The molecule has 1 fully saturated rings. The topological polar surface area (TPSA) is 37.6 Å². The van der Waals surface area contributed by atoms with Crippen LogP contribution in [0.1, 0.15) is 43.1 Å². The van der Waals surface area contributed by atoms with Crippen LogP contribution in [0.3, 0.4) is 0 Å². The van der Waals surface area contributed by atoms with Gasteiger partial charge in [-0.25, -0.2) is 4.98 Å². The van der Waals surface area contributed by atoms with E-state index >= 15 is 0 Å². The first-order valence-corrected chi connectivity index (χ1v) is 7.87. The van der Waals surface area contributed by atoms with Crippen LogP contribution in [0.2, 0.25) is 0 Å². The molecular weight excluding hydrogens is 258 g/mol. The highest BCUT2D eigenvalue weighted by Gasteiger charge is 2.23. The third-order valence-electron chi connectivity index (χ3n) is 4.00. The second kappa shape index (κ2) is 5.33. The van der Waals surface area contributed by atoms with Crippen LogP contribution in [0.15, 0.2) is 11.6 Å². The second-order valence-corrected chi connectivity index (χ2v) is 6.09. The number of aromatic nitrogens is 2. The average Bonchev–Trinajstić information content (AvgIpc) is 3.00. The Morgan fingerprint density at radius 3 is 2.95 bits per heavy atom. The zero-order valence-electron chi connectivity index (χ0n) is 11.2. The highest BCUT2D eigenvalue weighted by atomic mass is 32.1. The molecule has 0 atom stereocenters. The van der Waals surface area contributed by atoms with Crippen LogP contribution in [-0.2, 0) is 0 Å². The summed E-state index contributed by atoms with van der Waals surface area (Å²) in [5.41, 5.74) is 0.699. The molecule has 1 aliphatic rings. The van der Waals surface area contributed by atoms with Crippen molar-refractivity contribution in [3.63, 3.8) is 0 Å². The van der Waals surface area contributed by atoms with Crippen LogP contribution in [0, 0.1) is 5.92 Å². The van der Waals surface area contributed by atoms with E-state index < -0.39 is 0 Å². The third kappa shape index (κ3) is 2.27. The lowest BCUT2D eigenvalue weighted by Crippen LogP contribution is -2.34. The maximum Gasteiger partial charge on any atom is 0.196 e. The SMILES string of the molecule is CCCC1CCN(c2nc3sccn3c2C=O)CC1. The number of carbonyl (C=O) groups excluding carboxylic acids is 1. The van der Waals surface area contributed by atoms with Gasteiger partial charge in [-0.05, 0) is 18.8 Å². The van der Waals surface area contributed by atoms with Gasteiger partial charge in [0.2, 0.25) is 0 Å². The molecule has 0 saturated carbocycles. The fourth-order valence-electron chi connectivity index (χ4n) is 2.98. The molecule has 0 radical (unpaired) electrons. The van der Waals surface area contributed by atoms with Crippen LogP contribution in [0.5, 0.6) is 0 Å². The summed E-state index contributed by atoms with van der Waals surface area (Å²) in [6.07, 6.45) is 7.88. The van der Waals surface area contributed by atoms with E-state index in [1.807, 2.05) is 16.0 Å². The predicted molar refractivity (Wildman–Crippen MR) is 78.3 cm³/mol. The summed E-state index contributed by atoms with van der Waals surface area (Å²) in [4.78, 5) is 19.1. The lowest BCUT2D eigenvalue weighted by molar-refractivity contribution is 0.111. The number of carbonyl (C=O) groups is 1. The molecule has 5 heteroatoms. The summed E-state index contributed by atoms with van der Waals surface area (Å²) in [7, 11) is 0. The molecule has 3 rings (SSSR count). The molecule has 0 aromatic carbocycles. The van der Waals surface area contributed by atoms with E-state index in [2.05, 4.69) is 16.8 Å². The molecule has 0 unspecified atom stereocenters. The van der Waals surface area contributed by atoms with Crippen LogP contribution in [0.25, 0.3) is 4.96 Å². The van der Waals surface area contributed by atoms with Gasteiger partial charge < -0.3 is 4.90 Å². The number of nitrogens with zero attached hydrogens (tertiary/aromatic N) is 3. The van der Waals surface area contributed by atoms with Crippen molar-refractivity contribution < 1.29 is 4.79 Å². The number of thiazole rings is 1. The van der Waals surface area contributed by atoms with E-state index in [0.29, 0.717) is 5.69 Å². The van der Waals surface area contributed by atoms with Gasteiger partial charge in [0, 0.05) is 24.7 Å². The normalized spacial score (nSPS) is 17.2. The fraction of sp³-hybridized carbons (Fsp3) is 0.571. The summed E-state index contributed by atoms with van der Waals surface area (Å²) in [5, 5.41) is 1.96. The zero-order chi connectivity index (χ0) is 13.2. The predicted octanol–water partition coefficient (Wildman–Crippen LogP) is 3.22. The van der Waals surface area contributed by atoms with Crippen LogP contribution >= 0.6 is 11.3 Å². The van der Waals surface area contributed by atoms with Crippen molar-refractivity contribution in [2.75, 3.05) is 18.0 Å². The number of piperidine rings is 1. The highest BCUT2D eigenvalue weighted by molar-refractivity contribution is 7.15. The Balaban J connectivity index is 1.81. The van der Waals surface area contributed by atoms with Crippen molar-refractivity contribution in [2.24, 2.45) is 5.92 Å². The first-order chi connectivity index (χ1) is 9.33. The first-order valence-electron chi connectivity index (χ1n) is 6.99. The summed E-state index contributed by atoms with van der Waals surface area (Å²) >= 11 is 1.58. The van der Waals surface area contributed by atoms with Gasteiger partial charge >= 0.3 is 0 Å². The molecule has 0 aliphatic carbocycles. The van der Waals surface area contributed by atoms with Crippen molar-refractivity contribution in [1.29, 1.82) is 0 Å². The minimum Gasteiger partial charge on any atom is -0.355 e. The van der Waals surface area contributed by atoms with Gasteiger partial charge in [0.25, 0.3) is 0 Å². The fourth-order valence-corrected chi connectivity index (χ4v) is 3.69. The minimum atomic E-state index is 0.699. The Labute approximate surface area is 117 Å². The van der Waals surface area contributed by atoms with Gasteiger partial charge in [0.05, 0.1) is 0 Å². The maximum atomic E-state index is 11.3. The molecule has 0 spiro atoms. The number of hydrogen-bond acceptors (Lipinski definition) is 4. The monoisotopic (exact) mass is 277 g/mol. The smallest absolute Gasteiger partial charge is 0.196 e. The molecule has 1 aliphatic heterocycles. The number of anilines is 1. The van der Waals surface area contributed by atoms with Crippen LogP contribution in [0.4, 0.5) is 5.82 Å². The summed E-state index contributed by atoms with van der Waals surface area (Å²) in [6, 6.07) is 0.